The van der Waals surface area contributed by atoms with E-state index in [-0.39, 0.29) is 31.3 Å². The number of likely N-dealkylation sites (N-methyl/N-ethyl adjacent to an activating group) is 1. The number of carbonyl (C=O) groups excluding carboxylic acids is 2. The molecule has 2 aliphatic rings. The monoisotopic (exact) mass is 630 g/mol. The maximum atomic E-state index is 13.7. The van der Waals surface area contributed by atoms with E-state index in [0.717, 1.165) is 37.8 Å². The van der Waals surface area contributed by atoms with Crippen molar-refractivity contribution in [3.05, 3.63) is 71.8 Å². The SMILES string of the molecule is CN1CCN(CC(=O)Nc2cc(COc3cccnc3N3CCN(C(=O)Nc4cc(F)cc(C(F)(F)F)c4)CC3)ccn2)CC1. The number of piperazine rings is 2. The highest BCUT2D eigenvalue weighted by Gasteiger charge is 2.32. The van der Waals surface area contributed by atoms with Gasteiger partial charge >= 0.3 is 12.2 Å². The molecule has 2 aliphatic heterocycles. The van der Waals surface area contributed by atoms with Crippen molar-refractivity contribution in [2.24, 2.45) is 0 Å². The van der Waals surface area contributed by atoms with E-state index < -0.39 is 23.6 Å². The third-order valence-corrected chi connectivity index (χ3v) is 7.54. The largest absolute Gasteiger partial charge is 0.485 e. The summed E-state index contributed by atoms with van der Waals surface area (Å²) in [5.74, 6) is 0.305. The first kappa shape index (κ1) is 31.9. The number of halogens is 4. The van der Waals surface area contributed by atoms with Gasteiger partial charge in [0.15, 0.2) is 11.6 Å². The molecule has 0 unspecified atom stereocenters. The van der Waals surface area contributed by atoms with Gasteiger partial charge in [-0.25, -0.2) is 19.2 Å². The number of pyridine rings is 2. The predicted molar refractivity (Wildman–Crippen MR) is 160 cm³/mol. The number of hydrogen-bond donors (Lipinski definition) is 2. The van der Waals surface area contributed by atoms with Crippen LogP contribution in [-0.4, -0.2) is 103 Å². The van der Waals surface area contributed by atoms with E-state index in [9.17, 15) is 27.2 Å². The molecule has 15 heteroatoms. The van der Waals surface area contributed by atoms with Crippen LogP contribution >= 0.6 is 0 Å². The van der Waals surface area contributed by atoms with Crippen molar-refractivity contribution in [2.45, 2.75) is 12.8 Å². The van der Waals surface area contributed by atoms with Crippen LogP contribution in [0.4, 0.5) is 39.7 Å². The van der Waals surface area contributed by atoms with Crippen molar-refractivity contribution in [1.29, 1.82) is 0 Å². The van der Waals surface area contributed by atoms with Crippen LogP contribution in [0.2, 0.25) is 0 Å². The lowest BCUT2D eigenvalue weighted by Crippen LogP contribution is -2.50. The Morgan fingerprint density at radius 2 is 1.67 bits per heavy atom. The number of alkyl halides is 3. The number of anilines is 3. The summed E-state index contributed by atoms with van der Waals surface area (Å²) in [6.07, 6.45) is -1.51. The molecular formula is C30H34F4N8O3. The van der Waals surface area contributed by atoms with Crippen LogP contribution in [0.15, 0.2) is 54.9 Å². The van der Waals surface area contributed by atoms with Crippen molar-refractivity contribution in [1.82, 2.24) is 24.7 Å². The van der Waals surface area contributed by atoms with E-state index in [1.165, 1.54) is 4.90 Å². The van der Waals surface area contributed by atoms with Gasteiger partial charge in [0.05, 0.1) is 12.1 Å². The summed E-state index contributed by atoms with van der Waals surface area (Å²) in [6.45, 7) is 5.29. The Labute approximate surface area is 257 Å². The van der Waals surface area contributed by atoms with Crippen molar-refractivity contribution >= 4 is 29.3 Å². The number of rotatable bonds is 8. The molecule has 0 radical (unpaired) electrons. The van der Waals surface area contributed by atoms with Crippen LogP contribution in [-0.2, 0) is 17.6 Å². The number of aromatic nitrogens is 2. The molecule has 2 fully saturated rings. The smallest absolute Gasteiger partial charge is 0.416 e. The minimum Gasteiger partial charge on any atom is -0.485 e. The second kappa shape index (κ2) is 14.1. The standard InChI is InChI=1S/C30H34F4N8O3/c1-39-7-9-40(10-8-39)19-27(43)38-26-15-21(4-6-35-26)20-45-25-3-2-5-36-28(25)41-11-13-42(14-12-41)29(44)37-24-17-22(30(32,33)34)16-23(31)18-24/h2-6,15-18H,7-14,19-20H2,1H3,(H,37,44)(H,35,38,43). The number of benzene rings is 1. The maximum absolute atomic E-state index is 13.7. The molecule has 2 N–H and O–H groups in total. The normalized spacial score (nSPS) is 16.4. The minimum absolute atomic E-state index is 0.130. The summed E-state index contributed by atoms with van der Waals surface area (Å²) in [5.41, 5.74) is -0.662. The van der Waals surface area contributed by atoms with Gasteiger partial charge in [0, 0.05) is 70.4 Å². The fraction of sp³-hybridized carbons (Fsp3) is 0.400. The summed E-state index contributed by atoms with van der Waals surface area (Å²) in [6, 6.07) is 8.36. The van der Waals surface area contributed by atoms with Gasteiger partial charge in [-0.3, -0.25) is 9.69 Å². The second-order valence-electron chi connectivity index (χ2n) is 10.9. The number of ether oxygens (including phenoxy) is 1. The van der Waals surface area contributed by atoms with Crippen LogP contribution < -0.4 is 20.3 Å². The third-order valence-electron chi connectivity index (χ3n) is 7.54. The fourth-order valence-electron chi connectivity index (χ4n) is 5.07. The van der Waals surface area contributed by atoms with Gasteiger partial charge in [0.2, 0.25) is 5.91 Å². The average Bonchev–Trinajstić information content (AvgIpc) is 3.01. The summed E-state index contributed by atoms with van der Waals surface area (Å²) < 4.78 is 59.0. The first-order valence-corrected chi connectivity index (χ1v) is 14.5. The molecule has 5 rings (SSSR count). The van der Waals surface area contributed by atoms with E-state index in [4.69, 9.17) is 4.74 Å². The van der Waals surface area contributed by atoms with Crippen molar-refractivity contribution in [3.8, 4) is 5.75 Å². The van der Waals surface area contributed by atoms with E-state index in [1.807, 2.05) is 4.90 Å². The summed E-state index contributed by atoms with van der Waals surface area (Å²) >= 11 is 0. The lowest BCUT2D eigenvalue weighted by molar-refractivity contribution is -0.137. The Morgan fingerprint density at radius 1 is 0.911 bits per heavy atom. The number of urea groups is 1. The molecule has 0 bridgehead atoms. The summed E-state index contributed by atoms with van der Waals surface area (Å²) in [5, 5.41) is 5.22. The highest BCUT2D eigenvalue weighted by atomic mass is 19.4. The molecule has 3 amide bonds. The summed E-state index contributed by atoms with van der Waals surface area (Å²) in [4.78, 5) is 41.7. The summed E-state index contributed by atoms with van der Waals surface area (Å²) in [7, 11) is 2.06. The highest BCUT2D eigenvalue weighted by molar-refractivity contribution is 5.91. The Kier molecular flexibility index (Phi) is 9.98. The number of nitrogens with one attached hydrogen (secondary N) is 2. The number of hydrogen-bond acceptors (Lipinski definition) is 8. The molecule has 1 aromatic carbocycles. The van der Waals surface area contributed by atoms with Gasteiger partial charge in [0.25, 0.3) is 0 Å². The molecule has 11 nitrogen and oxygen atoms in total. The van der Waals surface area contributed by atoms with Gasteiger partial charge in [-0.15, -0.1) is 0 Å². The Bertz CT molecular complexity index is 1490. The lowest BCUT2D eigenvalue weighted by atomic mass is 10.2. The van der Waals surface area contributed by atoms with Gasteiger partial charge < -0.3 is 30.1 Å². The van der Waals surface area contributed by atoms with Crippen LogP contribution in [0.3, 0.4) is 0 Å². The maximum Gasteiger partial charge on any atom is 0.416 e. The molecule has 0 atom stereocenters. The molecule has 2 saturated heterocycles. The van der Waals surface area contributed by atoms with Crippen LogP contribution in [0.5, 0.6) is 5.75 Å². The molecule has 4 heterocycles. The van der Waals surface area contributed by atoms with Crippen molar-refractivity contribution < 1.29 is 31.9 Å². The first-order chi connectivity index (χ1) is 21.5. The third kappa shape index (κ3) is 8.79. The molecule has 0 saturated carbocycles. The molecule has 2 aromatic heterocycles. The molecule has 240 valence electrons. The first-order valence-electron chi connectivity index (χ1n) is 14.5. The van der Waals surface area contributed by atoms with E-state index in [0.29, 0.717) is 49.2 Å². The molecule has 45 heavy (non-hydrogen) atoms. The van der Waals surface area contributed by atoms with Gasteiger partial charge in [-0.2, -0.15) is 13.2 Å². The number of amides is 3. The van der Waals surface area contributed by atoms with E-state index >= 15 is 0 Å². The highest BCUT2D eigenvalue weighted by Crippen LogP contribution is 2.32. The number of nitrogens with zero attached hydrogens (tertiary/aromatic N) is 6. The second-order valence-corrected chi connectivity index (χ2v) is 10.9. The number of carbonyl (C=O) groups is 2. The van der Waals surface area contributed by atoms with Gasteiger partial charge in [0.1, 0.15) is 18.2 Å². The average molecular weight is 631 g/mol. The van der Waals surface area contributed by atoms with Crippen molar-refractivity contribution in [2.75, 3.05) is 81.5 Å². The molecule has 0 spiro atoms. The van der Waals surface area contributed by atoms with Crippen molar-refractivity contribution in [3.63, 3.8) is 0 Å². The predicted octanol–water partition coefficient (Wildman–Crippen LogP) is 3.75. The van der Waals surface area contributed by atoms with Crippen LogP contribution in [0.25, 0.3) is 0 Å². The van der Waals surface area contributed by atoms with E-state index in [1.54, 1.807) is 36.7 Å². The molecular weight excluding hydrogens is 596 g/mol. The zero-order valence-corrected chi connectivity index (χ0v) is 24.7. The van der Waals surface area contributed by atoms with E-state index in [2.05, 4.69) is 37.4 Å². The topological polar surface area (TPSA) is 106 Å². The zero-order valence-electron chi connectivity index (χ0n) is 24.7. The minimum atomic E-state index is -4.74. The quantitative estimate of drug-likeness (QED) is 0.363. The van der Waals surface area contributed by atoms with Crippen LogP contribution in [0, 0.1) is 5.82 Å². The Hall–Kier alpha value is -4.50. The van der Waals surface area contributed by atoms with Gasteiger partial charge in [-0.1, -0.05) is 0 Å². The van der Waals surface area contributed by atoms with Gasteiger partial charge in [-0.05, 0) is 55.1 Å². The van der Waals surface area contributed by atoms with Crippen LogP contribution in [0.1, 0.15) is 11.1 Å². The molecule has 3 aromatic rings. The fourth-order valence-corrected chi connectivity index (χ4v) is 5.07. The zero-order chi connectivity index (χ0) is 32.0. The molecule has 0 aliphatic carbocycles. The lowest BCUT2D eigenvalue weighted by Gasteiger charge is -2.35. The Morgan fingerprint density at radius 3 is 2.40 bits per heavy atom. The Balaban J connectivity index is 1.13.